The molecule has 0 aliphatic heterocycles. The van der Waals surface area contributed by atoms with Crippen molar-refractivity contribution < 1.29 is 9.53 Å². The first-order valence-electron chi connectivity index (χ1n) is 2.83. The highest BCUT2D eigenvalue weighted by Gasteiger charge is 1.92. The van der Waals surface area contributed by atoms with E-state index in [0.717, 1.165) is 0 Å². The largest absolute Gasteiger partial charge is 0.461 e. The lowest BCUT2D eigenvalue weighted by molar-refractivity contribution is -0.141. The lowest BCUT2D eigenvalue weighted by Crippen LogP contribution is -2.01. The van der Waals surface area contributed by atoms with Gasteiger partial charge in [-0.25, -0.2) is 0 Å². The summed E-state index contributed by atoms with van der Waals surface area (Å²) in [6.45, 7) is 2.03. The summed E-state index contributed by atoms with van der Waals surface area (Å²) < 4.78 is 4.63. The third-order valence-electron chi connectivity index (χ3n) is 0.765. The van der Waals surface area contributed by atoms with Crippen LogP contribution in [0.15, 0.2) is 12.3 Å². The molecule has 9 heavy (non-hydrogen) atoms. The standard InChI is InChI=1S/C6H11NO2/c1-2-6(8)9-5-3-4-7/h3-4H,2,5,7H2,1H3. The van der Waals surface area contributed by atoms with Gasteiger partial charge in [0.15, 0.2) is 0 Å². The molecule has 0 saturated heterocycles. The van der Waals surface area contributed by atoms with Crippen molar-refractivity contribution in [3.05, 3.63) is 12.3 Å². The van der Waals surface area contributed by atoms with Gasteiger partial charge in [0.25, 0.3) is 0 Å². The van der Waals surface area contributed by atoms with Crippen LogP contribution >= 0.6 is 0 Å². The first-order valence-corrected chi connectivity index (χ1v) is 2.83. The Morgan fingerprint density at radius 2 is 2.44 bits per heavy atom. The van der Waals surface area contributed by atoms with Gasteiger partial charge >= 0.3 is 5.97 Å². The molecule has 0 aliphatic rings. The highest BCUT2D eigenvalue weighted by molar-refractivity contribution is 5.68. The zero-order valence-corrected chi connectivity index (χ0v) is 5.46. The van der Waals surface area contributed by atoms with Gasteiger partial charge in [0.05, 0.1) is 0 Å². The Kier molecular flexibility index (Phi) is 4.59. The number of nitrogens with two attached hydrogens (primary N) is 1. The van der Waals surface area contributed by atoms with E-state index >= 15 is 0 Å². The zero-order chi connectivity index (χ0) is 7.11. The Balaban J connectivity index is 3.17. The zero-order valence-electron chi connectivity index (χ0n) is 5.46. The summed E-state index contributed by atoms with van der Waals surface area (Å²) in [5, 5.41) is 0. The van der Waals surface area contributed by atoms with Gasteiger partial charge in [0.2, 0.25) is 0 Å². The Labute approximate surface area is 54.5 Å². The fourth-order valence-electron chi connectivity index (χ4n) is 0.299. The van der Waals surface area contributed by atoms with Crippen molar-refractivity contribution in [3.63, 3.8) is 0 Å². The average molecular weight is 129 g/mol. The minimum atomic E-state index is -0.201. The predicted molar refractivity (Wildman–Crippen MR) is 34.6 cm³/mol. The second-order valence-corrected chi connectivity index (χ2v) is 1.46. The second-order valence-electron chi connectivity index (χ2n) is 1.46. The molecular formula is C6H11NO2. The van der Waals surface area contributed by atoms with Gasteiger partial charge in [-0.3, -0.25) is 4.79 Å². The van der Waals surface area contributed by atoms with Crippen LogP contribution in [0.4, 0.5) is 0 Å². The number of ether oxygens (including phenoxy) is 1. The molecule has 0 aliphatic carbocycles. The van der Waals surface area contributed by atoms with E-state index in [1.807, 2.05) is 0 Å². The van der Waals surface area contributed by atoms with Gasteiger partial charge in [-0.1, -0.05) is 6.92 Å². The van der Waals surface area contributed by atoms with Crippen LogP contribution in [0.5, 0.6) is 0 Å². The molecular weight excluding hydrogens is 118 g/mol. The van der Waals surface area contributed by atoms with E-state index in [1.54, 1.807) is 13.0 Å². The van der Waals surface area contributed by atoms with E-state index in [9.17, 15) is 4.79 Å². The van der Waals surface area contributed by atoms with Crippen LogP contribution in [0.2, 0.25) is 0 Å². The van der Waals surface area contributed by atoms with Crippen LogP contribution in [0.3, 0.4) is 0 Å². The summed E-state index contributed by atoms with van der Waals surface area (Å²) in [6, 6.07) is 0. The smallest absolute Gasteiger partial charge is 0.305 e. The molecule has 0 aromatic carbocycles. The fraction of sp³-hybridized carbons (Fsp3) is 0.500. The van der Waals surface area contributed by atoms with Crippen LogP contribution in [0.25, 0.3) is 0 Å². The third-order valence-corrected chi connectivity index (χ3v) is 0.765. The van der Waals surface area contributed by atoms with Crippen molar-refractivity contribution in [1.82, 2.24) is 0 Å². The summed E-state index contributed by atoms with van der Waals surface area (Å²) in [7, 11) is 0. The van der Waals surface area contributed by atoms with Crippen LogP contribution in [-0.2, 0) is 9.53 Å². The number of carbonyl (C=O) groups excluding carboxylic acids is 1. The maximum absolute atomic E-state index is 10.4. The number of rotatable bonds is 3. The quantitative estimate of drug-likeness (QED) is 0.561. The molecule has 52 valence electrons. The number of hydrogen-bond acceptors (Lipinski definition) is 3. The molecule has 3 heteroatoms. The van der Waals surface area contributed by atoms with E-state index in [1.165, 1.54) is 6.20 Å². The molecule has 0 atom stereocenters. The van der Waals surface area contributed by atoms with Gasteiger partial charge in [0, 0.05) is 6.42 Å². The molecule has 0 heterocycles. The van der Waals surface area contributed by atoms with Crippen molar-refractivity contribution in [2.75, 3.05) is 6.61 Å². The SMILES string of the molecule is CCC(=O)OCC=CN. The van der Waals surface area contributed by atoms with Gasteiger partial charge in [0.1, 0.15) is 6.61 Å². The highest BCUT2D eigenvalue weighted by Crippen LogP contribution is 1.83. The molecule has 0 saturated carbocycles. The van der Waals surface area contributed by atoms with E-state index in [4.69, 9.17) is 5.73 Å². The average Bonchev–Trinajstić information content (AvgIpc) is 1.89. The van der Waals surface area contributed by atoms with Crippen molar-refractivity contribution in [3.8, 4) is 0 Å². The Hall–Kier alpha value is -0.990. The van der Waals surface area contributed by atoms with Crippen molar-refractivity contribution in [2.45, 2.75) is 13.3 Å². The lowest BCUT2D eigenvalue weighted by atomic mass is 10.5. The molecule has 0 rings (SSSR count). The minimum Gasteiger partial charge on any atom is -0.461 e. The summed E-state index contributed by atoms with van der Waals surface area (Å²) in [6.07, 6.45) is 3.34. The monoisotopic (exact) mass is 129 g/mol. The molecule has 0 amide bonds. The first kappa shape index (κ1) is 8.01. The molecule has 0 fully saturated rings. The van der Waals surface area contributed by atoms with Crippen LogP contribution in [0, 0.1) is 0 Å². The molecule has 0 unspecified atom stereocenters. The first-order chi connectivity index (χ1) is 4.31. The normalized spacial score (nSPS) is 9.89. The maximum Gasteiger partial charge on any atom is 0.305 e. The Morgan fingerprint density at radius 3 is 2.89 bits per heavy atom. The van der Waals surface area contributed by atoms with Crippen molar-refractivity contribution in [2.24, 2.45) is 5.73 Å². The number of hydrogen-bond donors (Lipinski definition) is 1. The molecule has 0 radical (unpaired) electrons. The maximum atomic E-state index is 10.4. The van der Waals surface area contributed by atoms with Gasteiger partial charge in [-0.2, -0.15) is 0 Å². The molecule has 0 aromatic heterocycles. The van der Waals surface area contributed by atoms with Crippen molar-refractivity contribution >= 4 is 5.97 Å². The lowest BCUT2D eigenvalue weighted by Gasteiger charge is -1.95. The second kappa shape index (κ2) is 5.15. The van der Waals surface area contributed by atoms with E-state index in [-0.39, 0.29) is 12.6 Å². The summed E-state index contributed by atoms with van der Waals surface area (Å²) in [4.78, 5) is 10.4. The van der Waals surface area contributed by atoms with Gasteiger partial charge in [-0.15, -0.1) is 0 Å². The van der Waals surface area contributed by atoms with E-state index in [2.05, 4.69) is 4.74 Å². The van der Waals surface area contributed by atoms with Crippen LogP contribution in [0.1, 0.15) is 13.3 Å². The minimum absolute atomic E-state index is 0.201. The summed E-state index contributed by atoms with van der Waals surface area (Å²) in [5.41, 5.74) is 4.98. The Bertz CT molecular complexity index is 110. The van der Waals surface area contributed by atoms with Crippen molar-refractivity contribution in [1.29, 1.82) is 0 Å². The third kappa shape index (κ3) is 4.87. The van der Waals surface area contributed by atoms with Gasteiger partial charge < -0.3 is 10.5 Å². The molecule has 0 aromatic rings. The molecule has 0 spiro atoms. The topological polar surface area (TPSA) is 52.3 Å². The number of esters is 1. The molecule has 3 nitrogen and oxygen atoms in total. The van der Waals surface area contributed by atoms with Crippen LogP contribution < -0.4 is 5.73 Å². The summed E-state index contributed by atoms with van der Waals surface area (Å²) in [5.74, 6) is -0.201. The van der Waals surface area contributed by atoms with E-state index in [0.29, 0.717) is 6.42 Å². The molecule has 2 N–H and O–H groups in total. The predicted octanol–water partition coefficient (Wildman–Crippen LogP) is 0.412. The highest BCUT2D eigenvalue weighted by atomic mass is 16.5. The van der Waals surface area contributed by atoms with Gasteiger partial charge in [-0.05, 0) is 12.3 Å². The fourth-order valence-corrected chi connectivity index (χ4v) is 0.299. The molecule has 0 bridgehead atoms. The number of carbonyl (C=O) groups is 1. The summed E-state index contributed by atoms with van der Waals surface area (Å²) >= 11 is 0. The Morgan fingerprint density at radius 1 is 1.78 bits per heavy atom. The van der Waals surface area contributed by atoms with Crippen LogP contribution in [-0.4, -0.2) is 12.6 Å². The van der Waals surface area contributed by atoms with E-state index < -0.39 is 0 Å².